The topological polar surface area (TPSA) is 70.6 Å². The van der Waals surface area contributed by atoms with Crippen molar-refractivity contribution in [2.75, 3.05) is 19.8 Å². The highest BCUT2D eigenvalue weighted by Gasteiger charge is 2.09. The second-order valence-electron chi connectivity index (χ2n) is 3.82. The van der Waals surface area contributed by atoms with E-state index in [9.17, 15) is 4.79 Å². The Morgan fingerprint density at radius 3 is 2.81 bits per heavy atom. The summed E-state index contributed by atoms with van der Waals surface area (Å²) in [6.45, 7) is 3.33. The molecule has 1 aliphatic rings. The van der Waals surface area contributed by atoms with Crippen LogP contribution >= 0.6 is 0 Å². The molecule has 0 aliphatic carbocycles. The molecule has 1 saturated heterocycles. The van der Waals surface area contributed by atoms with Crippen LogP contribution in [0.5, 0.6) is 0 Å². The Hall–Kier alpha value is -1.07. The number of amides is 2. The van der Waals surface area contributed by atoms with Crippen LogP contribution in [0.2, 0.25) is 0 Å². The lowest BCUT2D eigenvalue weighted by molar-refractivity contribution is 0.119. The maximum atomic E-state index is 11.4. The normalized spacial score (nSPS) is 17.8. The van der Waals surface area contributed by atoms with Gasteiger partial charge < -0.3 is 20.5 Å². The van der Waals surface area contributed by atoms with Crippen molar-refractivity contribution < 1.29 is 14.6 Å². The molecule has 0 bridgehead atoms. The Kier molecular flexibility index (Phi) is 5.88. The summed E-state index contributed by atoms with van der Waals surface area (Å²) < 4.78 is 5.20. The van der Waals surface area contributed by atoms with E-state index in [0.29, 0.717) is 6.42 Å². The number of hydrogen-bond donors (Lipinski definition) is 3. The van der Waals surface area contributed by atoms with Crippen LogP contribution in [-0.2, 0) is 4.74 Å². The van der Waals surface area contributed by atoms with Gasteiger partial charge in [-0.1, -0.05) is 6.92 Å². The van der Waals surface area contributed by atoms with Crippen molar-refractivity contribution in [3.05, 3.63) is 11.8 Å². The number of aliphatic hydroxyl groups excluding tert-OH is 1. The van der Waals surface area contributed by atoms with Crippen LogP contribution in [0, 0.1) is 0 Å². The molecule has 1 unspecified atom stereocenters. The summed E-state index contributed by atoms with van der Waals surface area (Å²) in [7, 11) is 0. The molecule has 2 amide bonds. The molecule has 1 rings (SSSR count). The van der Waals surface area contributed by atoms with E-state index in [1.54, 1.807) is 6.20 Å². The first-order chi connectivity index (χ1) is 7.76. The Labute approximate surface area is 95.9 Å². The number of nitrogens with one attached hydrogen (secondary N) is 2. The van der Waals surface area contributed by atoms with Gasteiger partial charge in [0.1, 0.15) is 0 Å². The Morgan fingerprint density at radius 2 is 2.25 bits per heavy atom. The number of carbonyl (C=O) groups excluding carboxylic acids is 1. The minimum Gasteiger partial charge on any atom is -0.394 e. The first-order valence-electron chi connectivity index (χ1n) is 5.69. The minimum atomic E-state index is -0.264. The standard InChI is InChI=1S/C11H20N2O3/c1-2-10(8-14)13-11(15)12-7-9-3-5-16-6-4-9/h7,10,14H,2-6,8H2,1H3,(H2,12,13,15). The van der Waals surface area contributed by atoms with Crippen LogP contribution in [-0.4, -0.2) is 37.0 Å². The largest absolute Gasteiger partial charge is 0.394 e. The average molecular weight is 228 g/mol. The molecule has 0 spiro atoms. The van der Waals surface area contributed by atoms with Crippen LogP contribution in [0.25, 0.3) is 0 Å². The highest BCUT2D eigenvalue weighted by molar-refractivity contribution is 5.75. The predicted octanol–water partition coefficient (Wildman–Crippen LogP) is 0.751. The highest BCUT2D eigenvalue weighted by atomic mass is 16.5. The summed E-state index contributed by atoms with van der Waals surface area (Å²) in [4.78, 5) is 11.4. The molecule has 0 saturated carbocycles. The van der Waals surface area contributed by atoms with E-state index in [0.717, 1.165) is 26.1 Å². The third-order valence-corrected chi connectivity index (χ3v) is 2.59. The van der Waals surface area contributed by atoms with Gasteiger partial charge in [0.15, 0.2) is 0 Å². The van der Waals surface area contributed by atoms with Gasteiger partial charge in [-0.2, -0.15) is 0 Å². The van der Waals surface area contributed by atoms with E-state index < -0.39 is 0 Å². The molecule has 1 atom stereocenters. The van der Waals surface area contributed by atoms with E-state index in [1.165, 1.54) is 5.57 Å². The lowest BCUT2D eigenvalue weighted by Crippen LogP contribution is -2.41. The van der Waals surface area contributed by atoms with Crippen LogP contribution in [0.1, 0.15) is 26.2 Å². The fourth-order valence-corrected chi connectivity index (χ4v) is 1.45. The number of urea groups is 1. The van der Waals surface area contributed by atoms with Gasteiger partial charge in [-0.05, 0) is 24.8 Å². The molecule has 1 aliphatic heterocycles. The molecule has 1 heterocycles. The summed E-state index contributed by atoms with van der Waals surface area (Å²) in [5, 5.41) is 14.3. The average Bonchev–Trinajstić information content (AvgIpc) is 2.34. The molecule has 0 aromatic rings. The zero-order valence-corrected chi connectivity index (χ0v) is 9.66. The summed E-state index contributed by atoms with van der Waals surface area (Å²) in [6, 6.07) is -0.437. The zero-order valence-electron chi connectivity index (χ0n) is 9.66. The van der Waals surface area contributed by atoms with E-state index in [2.05, 4.69) is 10.6 Å². The summed E-state index contributed by atoms with van der Waals surface area (Å²) in [6.07, 6.45) is 4.20. The molecular weight excluding hydrogens is 208 g/mol. The van der Waals surface area contributed by atoms with Gasteiger partial charge in [-0.15, -0.1) is 0 Å². The van der Waals surface area contributed by atoms with Crippen molar-refractivity contribution in [1.29, 1.82) is 0 Å². The highest BCUT2D eigenvalue weighted by Crippen LogP contribution is 2.11. The third kappa shape index (κ3) is 4.63. The maximum absolute atomic E-state index is 11.4. The van der Waals surface area contributed by atoms with E-state index in [-0.39, 0.29) is 18.7 Å². The molecule has 3 N–H and O–H groups in total. The number of carbonyl (C=O) groups is 1. The van der Waals surface area contributed by atoms with Crippen LogP contribution in [0.15, 0.2) is 11.8 Å². The zero-order chi connectivity index (χ0) is 11.8. The SMILES string of the molecule is CCC(CO)NC(=O)NC=C1CCOCC1. The van der Waals surface area contributed by atoms with Crippen molar-refractivity contribution in [2.45, 2.75) is 32.2 Å². The summed E-state index contributed by atoms with van der Waals surface area (Å²) in [5.41, 5.74) is 1.19. The fraction of sp³-hybridized carbons (Fsp3) is 0.727. The van der Waals surface area contributed by atoms with E-state index in [4.69, 9.17) is 9.84 Å². The third-order valence-electron chi connectivity index (χ3n) is 2.59. The van der Waals surface area contributed by atoms with Crippen LogP contribution in [0.4, 0.5) is 4.79 Å². The summed E-state index contributed by atoms with van der Waals surface area (Å²) >= 11 is 0. The first-order valence-corrected chi connectivity index (χ1v) is 5.69. The molecular formula is C11H20N2O3. The molecule has 92 valence electrons. The first kappa shape index (κ1) is 13.0. The van der Waals surface area contributed by atoms with Gasteiger partial charge >= 0.3 is 6.03 Å². The quantitative estimate of drug-likeness (QED) is 0.665. The second kappa shape index (κ2) is 7.24. The van der Waals surface area contributed by atoms with E-state index >= 15 is 0 Å². The number of aliphatic hydroxyl groups is 1. The van der Waals surface area contributed by atoms with E-state index in [1.807, 2.05) is 6.92 Å². The lowest BCUT2D eigenvalue weighted by atomic mass is 10.1. The van der Waals surface area contributed by atoms with Crippen LogP contribution < -0.4 is 10.6 Å². The lowest BCUT2D eigenvalue weighted by Gasteiger charge is -2.16. The molecule has 0 aromatic carbocycles. The summed E-state index contributed by atoms with van der Waals surface area (Å²) in [5.74, 6) is 0. The van der Waals surface area contributed by atoms with Crippen molar-refractivity contribution in [1.82, 2.24) is 10.6 Å². The smallest absolute Gasteiger partial charge is 0.319 e. The molecule has 5 nitrogen and oxygen atoms in total. The maximum Gasteiger partial charge on any atom is 0.319 e. The monoisotopic (exact) mass is 228 g/mol. The Bertz CT molecular complexity index is 242. The van der Waals surface area contributed by atoms with Gasteiger partial charge in [-0.3, -0.25) is 0 Å². The molecule has 1 fully saturated rings. The molecule has 16 heavy (non-hydrogen) atoms. The number of ether oxygens (including phenoxy) is 1. The van der Waals surface area contributed by atoms with Gasteiger partial charge in [0.05, 0.1) is 25.9 Å². The Morgan fingerprint density at radius 1 is 1.56 bits per heavy atom. The van der Waals surface area contributed by atoms with Crippen molar-refractivity contribution in [3.63, 3.8) is 0 Å². The van der Waals surface area contributed by atoms with Crippen molar-refractivity contribution >= 4 is 6.03 Å². The molecule has 5 heteroatoms. The van der Waals surface area contributed by atoms with Gasteiger partial charge in [0.25, 0.3) is 0 Å². The van der Waals surface area contributed by atoms with Gasteiger partial charge in [-0.25, -0.2) is 4.79 Å². The Balaban J connectivity index is 2.27. The number of rotatable bonds is 4. The van der Waals surface area contributed by atoms with Crippen molar-refractivity contribution in [2.24, 2.45) is 0 Å². The number of hydrogen-bond acceptors (Lipinski definition) is 3. The fourth-order valence-electron chi connectivity index (χ4n) is 1.45. The van der Waals surface area contributed by atoms with Gasteiger partial charge in [0, 0.05) is 6.20 Å². The molecule has 0 radical (unpaired) electrons. The predicted molar refractivity (Wildman–Crippen MR) is 61.0 cm³/mol. The van der Waals surface area contributed by atoms with Crippen molar-refractivity contribution in [3.8, 4) is 0 Å². The van der Waals surface area contributed by atoms with Crippen LogP contribution in [0.3, 0.4) is 0 Å². The molecule has 0 aromatic heterocycles. The minimum absolute atomic E-state index is 0.0334. The second-order valence-corrected chi connectivity index (χ2v) is 3.82. The van der Waals surface area contributed by atoms with Gasteiger partial charge in [0.2, 0.25) is 0 Å².